The maximum Gasteiger partial charge on any atom is 0.248 e. The number of rotatable bonds is 6. The molecule has 0 radical (unpaired) electrons. The first kappa shape index (κ1) is 19.9. The van der Waals surface area contributed by atoms with Gasteiger partial charge in [0, 0.05) is 31.7 Å². The van der Waals surface area contributed by atoms with Crippen molar-refractivity contribution < 1.29 is 17.7 Å². The molecule has 0 atom stereocenters. The molecule has 1 aromatic heterocycles. The molecule has 142 valence electrons. The fourth-order valence-corrected chi connectivity index (χ4v) is 4.52. The number of aryl methyl sites for hydroxylation is 2. The highest BCUT2D eigenvalue weighted by molar-refractivity contribution is 7.89. The van der Waals surface area contributed by atoms with Crippen LogP contribution in [0.3, 0.4) is 0 Å². The number of sulfonamides is 1. The molecule has 0 aromatic carbocycles. The Kier molecular flexibility index (Phi) is 5.90. The van der Waals surface area contributed by atoms with Crippen LogP contribution < -0.4 is 5.32 Å². The fourth-order valence-electron chi connectivity index (χ4n) is 2.81. The van der Waals surface area contributed by atoms with E-state index in [1.807, 2.05) is 25.7 Å². The van der Waals surface area contributed by atoms with E-state index in [0.29, 0.717) is 37.6 Å². The lowest BCUT2D eigenvalue weighted by atomic mass is 10.0. The number of carbonyl (C=O) groups excluding carboxylic acids is 1. The normalized spacial score (nSPS) is 17.6. The van der Waals surface area contributed by atoms with Gasteiger partial charge in [0.25, 0.3) is 0 Å². The van der Waals surface area contributed by atoms with Crippen molar-refractivity contribution in [2.24, 2.45) is 0 Å². The number of nitrogens with one attached hydrogen (secondary N) is 1. The van der Waals surface area contributed by atoms with E-state index in [1.165, 1.54) is 4.31 Å². The molecule has 2 heterocycles. The van der Waals surface area contributed by atoms with Gasteiger partial charge in [-0.25, -0.2) is 8.42 Å². The average Bonchev–Trinajstić information content (AvgIpc) is 2.86. The Morgan fingerprint density at radius 1 is 1.24 bits per heavy atom. The molecule has 0 saturated carbocycles. The fraction of sp³-hybridized carbons (Fsp3) is 0.750. The summed E-state index contributed by atoms with van der Waals surface area (Å²) < 4.78 is 32.0. The van der Waals surface area contributed by atoms with Crippen molar-refractivity contribution in [3.63, 3.8) is 0 Å². The predicted octanol–water partition coefficient (Wildman–Crippen LogP) is 0.903. The minimum atomic E-state index is -3.61. The van der Waals surface area contributed by atoms with Gasteiger partial charge in [-0.05, 0) is 34.1 Å². The molecular formula is C16H28N4O4S. The molecule has 0 bridgehead atoms. The molecule has 1 N–H and O–H groups in total. The Morgan fingerprint density at radius 3 is 2.32 bits per heavy atom. The van der Waals surface area contributed by atoms with Gasteiger partial charge in [0.15, 0.2) is 5.76 Å². The summed E-state index contributed by atoms with van der Waals surface area (Å²) >= 11 is 0. The zero-order valence-corrected chi connectivity index (χ0v) is 16.4. The molecule has 1 aromatic rings. The summed E-state index contributed by atoms with van der Waals surface area (Å²) in [5, 5.41) is 6.73. The lowest BCUT2D eigenvalue weighted by Gasteiger charge is -2.34. The smallest absolute Gasteiger partial charge is 0.248 e. The average molecular weight is 372 g/mol. The van der Waals surface area contributed by atoms with Gasteiger partial charge in [0.1, 0.15) is 10.6 Å². The third-order valence-electron chi connectivity index (χ3n) is 4.63. The van der Waals surface area contributed by atoms with Crippen LogP contribution in [0.15, 0.2) is 9.42 Å². The third-order valence-corrected chi connectivity index (χ3v) is 6.77. The summed E-state index contributed by atoms with van der Waals surface area (Å²) in [5.41, 5.74) is 0.145. The van der Waals surface area contributed by atoms with Gasteiger partial charge in [-0.3, -0.25) is 9.69 Å². The van der Waals surface area contributed by atoms with Crippen molar-refractivity contribution in [3.8, 4) is 0 Å². The second-order valence-electron chi connectivity index (χ2n) is 7.12. The minimum Gasteiger partial charge on any atom is -0.360 e. The minimum absolute atomic E-state index is 0.0334. The summed E-state index contributed by atoms with van der Waals surface area (Å²) in [5.74, 6) is 0.273. The van der Waals surface area contributed by atoms with E-state index in [2.05, 4.69) is 10.5 Å². The molecule has 8 nitrogen and oxygen atoms in total. The monoisotopic (exact) mass is 372 g/mol. The predicted molar refractivity (Wildman–Crippen MR) is 93.7 cm³/mol. The van der Waals surface area contributed by atoms with Gasteiger partial charge in [-0.1, -0.05) is 12.1 Å². The highest BCUT2D eigenvalue weighted by atomic mass is 32.2. The van der Waals surface area contributed by atoms with Crippen molar-refractivity contribution in [1.82, 2.24) is 19.7 Å². The van der Waals surface area contributed by atoms with Crippen LogP contribution in [0.2, 0.25) is 0 Å². The van der Waals surface area contributed by atoms with Crippen molar-refractivity contribution in [2.45, 2.75) is 51.5 Å². The van der Waals surface area contributed by atoms with Crippen LogP contribution in [0.5, 0.6) is 0 Å². The molecule has 25 heavy (non-hydrogen) atoms. The first-order valence-corrected chi connectivity index (χ1v) is 9.97. The lowest BCUT2D eigenvalue weighted by Crippen LogP contribution is -2.53. The number of piperazine rings is 1. The standard InChI is InChI=1S/C16H28N4O4S/c1-6-16(4,5)17-14(21)11-19-7-9-20(10-8-19)25(22,23)15-12(2)18-24-13(15)3/h6-11H2,1-5H3,(H,17,21). The van der Waals surface area contributed by atoms with Crippen molar-refractivity contribution in [3.05, 3.63) is 11.5 Å². The Bertz CT molecular complexity index is 699. The number of aromatic nitrogens is 1. The Labute approximate surface area is 149 Å². The van der Waals surface area contributed by atoms with E-state index in [-0.39, 0.29) is 22.9 Å². The summed E-state index contributed by atoms with van der Waals surface area (Å²) in [4.78, 5) is 14.3. The zero-order chi connectivity index (χ0) is 18.8. The van der Waals surface area contributed by atoms with Crippen molar-refractivity contribution in [1.29, 1.82) is 0 Å². The Hall–Kier alpha value is -1.45. The summed E-state index contributed by atoms with van der Waals surface area (Å²) in [6.07, 6.45) is 0.849. The maximum absolute atomic E-state index is 12.8. The summed E-state index contributed by atoms with van der Waals surface area (Å²) in [6, 6.07) is 0. The molecule has 1 fully saturated rings. The van der Waals surface area contributed by atoms with Crippen LogP contribution in [0.25, 0.3) is 0 Å². The quantitative estimate of drug-likeness (QED) is 0.797. The first-order chi connectivity index (χ1) is 11.6. The Morgan fingerprint density at radius 2 is 1.84 bits per heavy atom. The molecule has 0 spiro atoms. The van der Waals surface area contributed by atoms with Crippen LogP contribution >= 0.6 is 0 Å². The topological polar surface area (TPSA) is 95.8 Å². The van der Waals surface area contributed by atoms with E-state index < -0.39 is 10.0 Å². The van der Waals surface area contributed by atoms with E-state index in [1.54, 1.807) is 13.8 Å². The molecule has 0 aliphatic carbocycles. The zero-order valence-electron chi connectivity index (χ0n) is 15.6. The number of amides is 1. The van der Waals surface area contributed by atoms with Gasteiger partial charge in [-0.15, -0.1) is 0 Å². The number of hydrogen-bond donors (Lipinski definition) is 1. The lowest BCUT2D eigenvalue weighted by molar-refractivity contribution is -0.124. The molecular weight excluding hydrogens is 344 g/mol. The SMILES string of the molecule is CCC(C)(C)NC(=O)CN1CCN(S(=O)(=O)c2c(C)noc2C)CC1. The van der Waals surface area contributed by atoms with Gasteiger partial charge >= 0.3 is 0 Å². The molecule has 2 rings (SSSR count). The van der Waals surface area contributed by atoms with E-state index in [0.717, 1.165) is 6.42 Å². The largest absolute Gasteiger partial charge is 0.360 e. The van der Waals surface area contributed by atoms with Gasteiger partial charge in [0.05, 0.1) is 6.54 Å². The van der Waals surface area contributed by atoms with Crippen molar-refractivity contribution >= 4 is 15.9 Å². The van der Waals surface area contributed by atoms with E-state index in [4.69, 9.17) is 4.52 Å². The second kappa shape index (κ2) is 7.43. The van der Waals surface area contributed by atoms with E-state index in [9.17, 15) is 13.2 Å². The first-order valence-electron chi connectivity index (χ1n) is 8.53. The van der Waals surface area contributed by atoms with Gasteiger partial charge < -0.3 is 9.84 Å². The van der Waals surface area contributed by atoms with Crippen LogP contribution in [0.1, 0.15) is 38.6 Å². The molecule has 1 saturated heterocycles. The summed E-state index contributed by atoms with van der Waals surface area (Å²) in [6.45, 7) is 11.2. The van der Waals surface area contributed by atoms with Crippen LogP contribution in [0.4, 0.5) is 0 Å². The van der Waals surface area contributed by atoms with Crippen LogP contribution in [-0.4, -0.2) is 66.9 Å². The molecule has 1 aliphatic rings. The molecule has 1 aliphatic heterocycles. The van der Waals surface area contributed by atoms with Crippen molar-refractivity contribution in [2.75, 3.05) is 32.7 Å². The number of carbonyl (C=O) groups is 1. The van der Waals surface area contributed by atoms with Gasteiger partial charge in [0.2, 0.25) is 15.9 Å². The van der Waals surface area contributed by atoms with E-state index >= 15 is 0 Å². The highest BCUT2D eigenvalue weighted by Gasteiger charge is 2.33. The molecule has 9 heteroatoms. The second-order valence-corrected chi connectivity index (χ2v) is 8.99. The molecule has 1 amide bonds. The molecule has 0 unspecified atom stereocenters. The number of nitrogens with zero attached hydrogens (tertiary/aromatic N) is 3. The van der Waals surface area contributed by atoms with Crippen LogP contribution in [0, 0.1) is 13.8 Å². The summed E-state index contributed by atoms with van der Waals surface area (Å²) in [7, 11) is -3.61. The Balaban J connectivity index is 1.95. The van der Waals surface area contributed by atoms with Crippen LogP contribution in [-0.2, 0) is 14.8 Å². The maximum atomic E-state index is 12.8. The third kappa shape index (κ3) is 4.59. The number of hydrogen-bond acceptors (Lipinski definition) is 6. The van der Waals surface area contributed by atoms with Gasteiger partial charge in [-0.2, -0.15) is 4.31 Å². The highest BCUT2D eigenvalue weighted by Crippen LogP contribution is 2.24.